The van der Waals surface area contributed by atoms with Crippen LogP contribution in [-0.2, 0) is 0 Å². The van der Waals surface area contributed by atoms with Gasteiger partial charge in [-0.1, -0.05) is 22.0 Å². The highest BCUT2D eigenvalue weighted by Gasteiger charge is 2.14. The van der Waals surface area contributed by atoms with Crippen LogP contribution in [0.5, 0.6) is 0 Å². The minimum atomic E-state index is -0.239. The molecule has 18 heavy (non-hydrogen) atoms. The maximum Gasteiger partial charge on any atom is 0.124 e. The van der Waals surface area contributed by atoms with Crippen molar-refractivity contribution in [2.45, 2.75) is 25.9 Å². The van der Waals surface area contributed by atoms with E-state index >= 15 is 0 Å². The van der Waals surface area contributed by atoms with Crippen LogP contribution >= 0.6 is 15.9 Å². The van der Waals surface area contributed by atoms with Crippen LogP contribution in [0.3, 0.4) is 0 Å². The fourth-order valence-corrected chi connectivity index (χ4v) is 2.60. The number of aromatic amines is 1. The van der Waals surface area contributed by atoms with Gasteiger partial charge in [0.25, 0.3) is 0 Å². The SMILES string of the molecule is CC(NC(C)c1ccc(F)cc1Br)c1ncc[nH]1. The second-order valence-electron chi connectivity index (χ2n) is 4.25. The highest BCUT2D eigenvalue weighted by atomic mass is 79.9. The summed E-state index contributed by atoms with van der Waals surface area (Å²) >= 11 is 3.38. The summed E-state index contributed by atoms with van der Waals surface area (Å²) in [5.41, 5.74) is 1.02. The number of halogens is 2. The Labute approximate surface area is 114 Å². The normalized spacial score (nSPS) is 14.4. The van der Waals surface area contributed by atoms with Gasteiger partial charge in [-0.15, -0.1) is 0 Å². The molecule has 2 unspecified atom stereocenters. The molecule has 2 N–H and O–H groups in total. The number of hydrogen-bond acceptors (Lipinski definition) is 2. The van der Waals surface area contributed by atoms with Crippen molar-refractivity contribution in [1.82, 2.24) is 15.3 Å². The average Bonchev–Trinajstić information content (AvgIpc) is 2.81. The lowest BCUT2D eigenvalue weighted by Gasteiger charge is -2.20. The molecule has 0 spiro atoms. The zero-order valence-electron chi connectivity index (χ0n) is 10.2. The molecule has 2 rings (SSSR count). The molecule has 0 aliphatic carbocycles. The standard InChI is InChI=1S/C13H15BrFN3/c1-8(11-4-3-10(15)7-12(11)14)18-9(2)13-16-5-6-17-13/h3-9,18H,1-2H3,(H,16,17). The molecule has 0 saturated heterocycles. The molecule has 3 nitrogen and oxygen atoms in total. The Morgan fingerprint density at radius 2 is 2.11 bits per heavy atom. The van der Waals surface area contributed by atoms with Crippen molar-refractivity contribution in [2.75, 3.05) is 0 Å². The van der Waals surface area contributed by atoms with Crippen LogP contribution < -0.4 is 5.32 Å². The van der Waals surface area contributed by atoms with Gasteiger partial charge >= 0.3 is 0 Å². The molecule has 0 radical (unpaired) electrons. The van der Waals surface area contributed by atoms with E-state index in [2.05, 4.69) is 31.2 Å². The molecule has 0 aliphatic heterocycles. The quantitative estimate of drug-likeness (QED) is 0.903. The predicted octanol–water partition coefficient (Wildman–Crippen LogP) is 3.72. The summed E-state index contributed by atoms with van der Waals surface area (Å²) in [7, 11) is 0. The third-order valence-electron chi connectivity index (χ3n) is 2.86. The molecule has 96 valence electrons. The molecule has 2 aromatic rings. The Hall–Kier alpha value is -1.20. The van der Waals surface area contributed by atoms with E-state index in [0.717, 1.165) is 15.9 Å². The van der Waals surface area contributed by atoms with Crippen molar-refractivity contribution in [3.8, 4) is 0 Å². The van der Waals surface area contributed by atoms with E-state index in [1.54, 1.807) is 18.5 Å². The molecule has 1 aromatic carbocycles. The maximum atomic E-state index is 13.0. The lowest BCUT2D eigenvalue weighted by Crippen LogP contribution is -2.23. The van der Waals surface area contributed by atoms with Gasteiger partial charge in [-0.25, -0.2) is 9.37 Å². The first-order valence-electron chi connectivity index (χ1n) is 5.78. The first-order chi connectivity index (χ1) is 8.58. The molecule has 0 aliphatic rings. The van der Waals surface area contributed by atoms with Gasteiger partial charge in [-0.3, -0.25) is 0 Å². The van der Waals surface area contributed by atoms with Gasteiger partial charge in [0.1, 0.15) is 11.6 Å². The molecular weight excluding hydrogens is 297 g/mol. The number of H-pyrrole nitrogens is 1. The van der Waals surface area contributed by atoms with Crippen molar-refractivity contribution in [1.29, 1.82) is 0 Å². The second kappa shape index (κ2) is 5.63. The Balaban J connectivity index is 2.10. The fraction of sp³-hybridized carbons (Fsp3) is 0.308. The third-order valence-corrected chi connectivity index (χ3v) is 3.55. The van der Waals surface area contributed by atoms with Gasteiger partial charge < -0.3 is 10.3 Å². The van der Waals surface area contributed by atoms with Gasteiger partial charge in [-0.05, 0) is 31.5 Å². The summed E-state index contributed by atoms with van der Waals surface area (Å²) in [6, 6.07) is 4.93. The second-order valence-corrected chi connectivity index (χ2v) is 5.10. The number of nitrogens with one attached hydrogen (secondary N) is 2. The van der Waals surface area contributed by atoms with Crippen LogP contribution in [0.4, 0.5) is 4.39 Å². The molecule has 0 amide bonds. The van der Waals surface area contributed by atoms with Gasteiger partial charge in [0.2, 0.25) is 0 Å². The predicted molar refractivity (Wildman–Crippen MR) is 72.7 cm³/mol. The zero-order valence-corrected chi connectivity index (χ0v) is 11.8. The van der Waals surface area contributed by atoms with Crippen LogP contribution in [0.1, 0.15) is 37.3 Å². The van der Waals surface area contributed by atoms with Gasteiger partial charge in [0.15, 0.2) is 0 Å². The number of imidazole rings is 1. The van der Waals surface area contributed by atoms with Crippen LogP contribution in [0, 0.1) is 5.82 Å². The minimum Gasteiger partial charge on any atom is -0.347 e. The zero-order chi connectivity index (χ0) is 13.1. The number of nitrogens with zero attached hydrogens (tertiary/aromatic N) is 1. The van der Waals surface area contributed by atoms with E-state index in [1.807, 2.05) is 13.8 Å². The van der Waals surface area contributed by atoms with E-state index in [9.17, 15) is 4.39 Å². The summed E-state index contributed by atoms with van der Waals surface area (Å²) in [4.78, 5) is 7.28. The molecule has 1 heterocycles. The van der Waals surface area contributed by atoms with Crippen LogP contribution in [0.2, 0.25) is 0 Å². The summed E-state index contributed by atoms with van der Waals surface area (Å²) in [6.07, 6.45) is 3.53. The van der Waals surface area contributed by atoms with Crippen molar-refractivity contribution >= 4 is 15.9 Å². The molecule has 0 bridgehead atoms. The van der Waals surface area contributed by atoms with Gasteiger partial charge in [0, 0.05) is 22.9 Å². The summed E-state index contributed by atoms with van der Waals surface area (Å²) in [6.45, 7) is 4.07. The van der Waals surface area contributed by atoms with E-state index in [4.69, 9.17) is 0 Å². The van der Waals surface area contributed by atoms with Crippen molar-refractivity contribution < 1.29 is 4.39 Å². The summed E-state index contributed by atoms with van der Waals surface area (Å²) in [5.74, 6) is 0.650. The molecular formula is C13H15BrFN3. The number of hydrogen-bond donors (Lipinski definition) is 2. The van der Waals surface area contributed by atoms with E-state index in [1.165, 1.54) is 12.1 Å². The van der Waals surface area contributed by atoms with Gasteiger partial charge in [0.05, 0.1) is 6.04 Å². The van der Waals surface area contributed by atoms with E-state index in [0.29, 0.717) is 0 Å². The first-order valence-corrected chi connectivity index (χ1v) is 6.57. The Kier molecular flexibility index (Phi) is 4.14. The molecule has 5 heteroatoms. The number of rotatable bonds is 4. The van der Waals surface area contributed by atoms with Crippen LogP contribution in [0.25, 0.3) is 0 Å². The summed E-state index contributed by atoms with van der Waals surface area (Å²) < 4.78 is 13.8. The maximum absolute atomic E-state index is 13.0. The topological polar surface area (TPSA) is 40.7 Å². The van der Waals surface area contributed by atoms with Gasteiger partial charge in [-0.2, -0.15) is 0 Å². The highest BCUT2D eigenvalue weighted by Crippen LogP contribution is 2.25. The van der Waals surface area contributed by atoms with Crippen LogP contribution in [-0.4, -0.2) is 9.97 Å². The number of benzene rings is 1. The monoisotopic (exact) mass is 311 g/mol. The van der Waals surface area contributed by atoms with Crippen LogP contribution in [0.15, 0.2) is 35.1 Å². The fourth-order valence-electron chi connectivity index (χ4n) is 1.91. The Morgan fingerprint density at radius 1 is 1.33 bits per heavy atom. The minimum absolute atomic E-state index is 0.0973. The van der Waals surface area contributed by atoms with Crippen molar-refractivity contribution in [3.05, 3.63) is 52.3 Å². The average molecular weight is 312 g/mol. The highest BCUT2D eigenvalue weighted by molar-refractivity contribution is 9.10. The Bertz CT molecular complexity index is 513. The molecule has 0 saturated carbocycles. The lowest BCUT2D eigenvalue weighted by atomic mass is 10.1. The largest absolute Gasteiger partial charge is 0.347 e. The van der Waals surface area contributed by atoms with Crippen molar-refractivity contribution in [3.63, 3.8) is 0 Å². The first kappa shape index (κ1) is 13.2. The lowest BCUT2D eigenvalue weighted by molar-refractivity contribution is 0.477. The number of aromatic nitrogens is 2. The van der Waals surface area contributed by atoms with E-state index in [-0.39, 0.29) is 17.9 Å². The van der Waals surface area contributed by atoms with E-state index < -0.39 is 0 Å². The smallest absolute Gasteiger partial charge is 0.124 e. The molecule has 2 atom stereocenters. The third kappa shape index (κ3) is 2.97. The summed E-state index contributed by atoms with van der Waals surface area (Å²) in [5, 5.41) is 3.41. The Morgan fingerprint density at radius 3 is 2.72 bits per heavy atom. The van der Waals surface area contributed by atoms with Crippen molar-refractivity contribution in [2.24, 2.45) is 0 Å². The molecule has 0 fully saturated rings. The molecule has 1 aromatic heterocycles.